The lowest BCUT2D eigenvalue weighted by Gasteiger charge is -2.48. The molecule has 3 amide bonds. The molecule has 0 unspecified atom stereocenters. The van der Waals surface area contributed by atoms with E-state index in [0.29, 0.717) is 17.2 Å². The number of pyridine rings is 1. The van der Waals surface area contributed by atoms with E-state index in [9.17, 15) is 42.3 Å². The van der Waals surface area contributed by atoms with E-state index >= 15 is 0 Å². The lowest BCUT2D eigenvalue weighted by Crippen LogP contribution is -2.59. The highest BCUT2D eigenvalue weighted by atomic mass is 19.3. The number of aliphatic hydroxyl groups excluding tert-OH is 1. The van der Waals surface area contributed by atoms with Gasteiger partial charge in [0.15, 0.2) is 0 Å². The molecule has 2 aromatic carbocycles. The van der Waals surface area contributed by atoms with E-state index in [4.69, 9.17) is 0 Å². The first-order valence-electron chi connectivity index (χ1n) is 13.4. The number of nitrogens with zero attached hydrogens (tertiary/aromatic N) is 5. The number of aromatic nitrogens is 1. The van der Waals surface area contributed by atoms with Gasteiger partial charge in [0.2, 0.25) is 0 Å². The summed E-state index contributed by atoms with van der Waals surface area (Å²) < 4.78 is 56.9. The number of carbonyl (C=O) groups is 3. The van der Waals surface area contributed by atoms with Crippen LogP contribution in [0.4, 0.5) is 29.1 Å². The van der Waals surface area contributed by atoms with Crippen molar-refractivity contribution in [2.75, 3.05) is 9.80 Å². The van der Waals surface area contributed by atoms with Crippen molar-refractivity contribution in [2.24, 2.45) is 0 Å². The number of hydrogen-bond donors (Lipinski definition) is 1. The first kappa shape index (κ1) is 28.3. The predicted octanol–water partition coefficient (Wildman–Crippen LogP) is 3.61. The second-order valence-electron chi connectivity index (χ2n) is 10.8. The highest BCUT2D eigenvalue weighted by molar-refractivity contribution is 6.12. The van der Waals surface area contributed by atoms with Gasteiger partial charge < -0.3 is 10.0 Å². The topological polar surface area (TPSA) is 118 Å². The highest BCUT2D eigenvalue weighted by Crippen LogP contribution is 2.45. The summed E-state index contributed by atoms with van der Waals surface area (Å²) in [5.41, 5.74) is 0.608. The van der Waals surface area contributed by atoms with Crippen LogP contribution in [-0.2, 0) is 20.9 Å². The summed E-state index contributed by atoms with van der Waals surface area (Å²) in [5, 5.41) is 19.9. The van der Waals surface area contributed by atoms with Crippen molar-refractivity contribution in [1.82, 2.24) is 9.88 Å². The maximum atomic E-state index is 14.6. The molecule has 1 saturated heterocycles. The molecular formula is C30H23F4N5O4. The molecule has 220 valence electrons. The van der Waals surface area contributed by atoms with Crippen LogP contribution >= 0.6 is 0 Å². The summed E-state index contributed by atoms with van der Waals surface area (Å²) in [5.74, 6) is -7.81. The number of aliphatic hydroxyl groups is 1. The van der Waals surface area contributed by atoms with Crippen molar-refractivity contribution in [3.63, 3.8) is 0 Å². The summed E-state index contributed by atoms with van der Waals surface area (Å²) in [4.78, 5) is 48.8. The molecule has 43 heavy (non-hydrogen) atoms. The summed E-state index contributed by atoms with van der Waals surface area (Å²) in [7, 11) is 0. The van der Waals surface area contributed by atoms with Gasteiger partial charge in [0.25, 0.3) is 23.6 Å². The molecule has 13 heteroatoms. The van der Waals surface area contributed by atoms with Gasteiger partial charge in [-0.25, -0.2) is 22.5 Å². The Morgan fingerprint density at radius 2 is 1.74 bits per heavy atom. The number of alkyl halides is 2. The summed E-state index contributed by atoms with van der Waals surface area (Å²) >= 11 is 0. The molecule has 0 spiro atoms. The maximum Gasteiger partial charge on any atom is 0.257 e. The van der Waals surface area contributed by atoms with Gasteiger partial charge in [-0.2, -0.15) is 5.26 Å². The minimum absolute atomic E-state index is 0.0105. The third-order valence-electron chi connectivity index (χ3n) is 8.02. The van der Waals surface area contributed by atoms with Crippen molar-refractivity contribution < 1.29 is 37.1 Å². The molecular weight excluding hydrogens is 570 g/mol. The van der Waals surface area contributed by atoms with Gasteiger partial charge in [-0.15, -0.1) is 0 Å². The molecule has 3 aliphatic rings. The molecule has 1 saturated carbocycles. The zero-order valence-electron chi connectivity index (χ0n) is 22.3. The van der Waals surface area contributed by atoms with Crippen LogP contribution in [-0.4, -0.2) is 56.8 Å². The van der Waals surface area contributed by atoms with Crippen LogP contribution in [0.5, 0.6) is 0 Å². The molecule has 1 aromatic heterocycles. The number of amides is 3. The summed E-state index contributed by atoms with van der Waals surface area (Å²) in [6, 6.07) is 9.42. The molecule has 1 aliphatic carbocycles. The first-order valence-corrected chi connectivity index (χ1v) is 13.4. The number of rotatable bonds is 5. The number of anilines is 2. The zero-order chi connectivity index (χ0) is 30.6. The minimum Gasteiger partial charge on any atom is -0.383 e. The van der Waals surface area contributed by atoms with Crippen LogP contribution in [0.3, 0.4) is 0 Å². The normalized spacial score (nSPS) is 23.0. The van der Waals surface area contributed by atoms with Gasteiger partial charge in [-0.3, -0.25) is 24.2 Å². The molecule has 9 nitrogen and oxygen atoms in total. The summed E-state index contributed by atoms with van der Waals surface area (Å²) in [6.45, 7) is -0.0105. The quantitative estimate of drug-likeness (QED) is 0.452. The third-order valence-corrected chi connectivity index (χ3v) is 8.02. The van der Waals surface area contributed by atoms with E-state index in [2.05, 4.69) is 4.98 Å². The Hall–Kier alpha value is -4.83. The van der Waals surface area contributed by atoms with Gasteiger partial charge in [0.05, 0.1) is 17.3 Å². The van der Waals surface area contributed by atoms with Crippen LogP contribution in [0.1, 0.15) is 42.0 Å². The van der Waals surface area contributed by atoms with Crippen molar-refractivity contribution in [1.29, 1.82) is 5.26 Å². The molecule has 2 aliphatic heterocycles. The Balaban J connectivity index is 1.49. The predicted molar refractivity (Wildman–Crippen MR) is 142 cm³/mol. The zero-order valence-corrected chi connectivity index (χ0v) is 22.3. The van der Waals surface area contributed by atoms with Crippen LogP contribution < -0.4 is 9.80 Å². The maximum absolute atomic E-state index is 14.6. The molecule has 6 rings (SSSR count). The van der Waals surface area contributed by atoms with E-state index in [0.717, 1.165) is 21.9 Å². The fourth-order valence-electron chi connectivity index (χ4n) is 5.98. The molecule has 3 atom stereocenters. The van der Waals surface area contributed by atoms with Crippen LogP contribution in [0.2, 0.25) is 0 Å². The fraction of sp³-hybridized carbons (Fsp3) is 0.300. The number of carbonyl (C=O) groups excluding carboxylic acids is 3. The lowest BCUT2D eigenvalue weighted by molar-refractivity contribution is -0.158. The fourth-order valence-corrected chi connectivity index (χ4v) is 5.98. The van der Waals surface area contributed by atoms with E-state index in [1.807, 2.05) is 6.07 Å². The number of halogens is 4. The average Bonchev–Trinajstić information content (AvgIpc) is 3.26. The van der Waals surface area contributed by atoms with E-state index in [-0.39, 0.29) is 23.6 Å². The van der Waals surface area contributed by atoms with Crippen molar-refractivity contribution >= 4 is 29.2 Å². The SMILES string of the molecule is N#Cc1ccnc(N2C(=O)[C@H](O)C[C@H]2C(=O)N(c2cc(F)cc(F)c2)[C@H]2C(=O)N(C3CC(F)(F)C3)Cc3ccccc32)c1. The Morgan fingerprint density at radius 3 is 2.42 bits per heavy atom. The monoisotopic (exact) mass is 593 g/mol. The van der Waals surface area contributed by atoms with Crippen molar-refractivity contribution in [3.8, 4) is 6.07 Å². The van der Waals surface area contributed by atoms with Gasteiger partial charge in [-0.1, -0.05) is 24.3 Å². The molecule has 0 radical (unpaired) electrons. The second-order valence-corrected chi connectivity index (χ2v) is 10.8. The molecule has 2 fully saturated rings. The van der Waals surface area contributed by atoms with Crippen LogP contribution in [0, 0.1) is 23.0 Å². The number of fused-ring (bicyclic) bond motifs is 1. The largest absolute Gasteiger partial charge is 0.383 e. The van der Waals surface area contributed by atoms with Gasteiger partial charge >= 0.3 is 0 Å². The molecule has 1 N–H and O–H groups in total. The van der Waals surface area contributed by atoms with E-state index in [1.165, 1.54) is 23.2 Å². The number of nitriles is 1. The Morgan fingerprint density at radius 1 is 1.05 bits per heavy atom. The van der Waals surface area contributed by atoms with Crippen LogP contribution in [0.25, 0.3) is 0 Å². The third kappa shape index (κ3) is 4.97. The molecule has 0 bridgehead atoms. The standard InChI is InChI=1S/C30H23F4N5O4/c31-18-8-19(32)10-20(9-18)38(27(41)23-11-24(40)28(42)39(23)25-7-16(14-35)5-6-36-25)26-22-4-2-1-3-17(22)15-37(29(26)43)21-12-30(33,34)13-21/h1-10,21,23-24,26,40H,11-13,15H2/t23-,24+,26+/m0/s1. The second kappa shape index (κ2) is 10.5. The molecule has 3 heterocycles. The Bertz CT molecular complexity index is 1670. The van der Waals surface area contributed by atoms with Crippen LogP contribution in [0.15, 0.2) is 60.8 Å². The van der Waals surface area contributed by atoms with Crippen molar-refractivity contribution in [3.05, 3.63) is 89.1 Å². The summed E-state index contributed by atoms with van der Waals surface area (Å²) in [6.07, 6.45) is -2.02. The Kier molecular flexibility index (Phi) is 6.89. The first-order chi connectivity index (χ1) is 20.5. The minimum atomic E-state index is -2.95. The molecule has 3 aromatic rings. The van der Waals surface area contributed by atoms with Gasteiger partial charge in [0, 0.05) is 44.1 Å². The highest BCUT2D eigenvalue weighted by Gasteiger charge is 2.54. The number of benzene rings is 2. The van der Waals surface area contributed by atoms with Crippen molar-refractivity contribution in [2.45, 2.75) is 56.0 Å². The number of hydrogen-bond acceptors (Lipinski definition) is 6. The lowest BCUT2D eigenvalue weighted by atomic mass is 9.83. The Labute approximate surface area is 242 Å². The van der Waals surface area contributed by atoms with Gasteiger partial charge in [0.1, 0.15) is 35.6 Å². The van der Waals surface area contributed by atoms with E-state index in [1.54, 1.807) is 24.3 Å². The van der Waals surface area contributed by atoms with E-state index < -0.39 is 78.8 Å². The van der Waals surface area contributed by atoms with Gasteiger partial charge in [-0.05, 0) is 35.4 Å². The smallest absolute Gasteiger partial charge is 0.257 e. The average molecular weight is 594 g/mol.